The highest BCUT2D eigenvalue weighted by atomic mass is 19.3. The van der Waals surface area contributed by atoms with E-state index in [1.807, 2.05) is 19.1 Å². The number of benzene rings is 2. The lowest BCUT2D eigenvalue weighted by molar-refractivity contribution is -0.123. The van der Waals surface area contributed by atoms with E-state index >= 15 is 0 Å². The van der Waals surface area contributed by atoms with Crippen molar-refractivity contribution >= 4 is 17.6 Å². The molecule has 132 valence electrons. The Morgan fingerprint density at radius 3 is 2.32 bits per heavy atom. The molecule has 0 bridgehead atoms. The summed E-state index contributed by atoms with van der Waals surface area (Å²) in [5, 5.41) is 2.61. The van der Waals surface area contributed by atoms with E-state index in [1.165, 1.54) is 31.2 Å². The number of halogens is 2. The minimum atomic E-state index is -3.07. The minimum Gasteiger partial charge on any atom is -0.449 e. The van der Waals surface area contributed by atoms with Crippen LogP contribution in [0, 0.1) is 6.92 Å². The standard InChI is InChI=1S/C18H17F2NO4/c1-11-7-9-13(10-8-11)21-16(22)12(2)24-17(23)14-5-3-4-6-15(14)25-18(19)20/h3-10,12,18H,1-2H3,(H,21,22)/t12-/m0/s1. The fourth-order valence-electron chi connectivity index (χ4n) is 1.99. The number of carbonyl (C=O) groups is 2. The van der Waals surface area contributed by atoms with Crippen molar-refractivity contribution in [3.8, 4) is 5.75 Å². The highest BCUT2D eigenvalue weighted by Crippen LogP contribution is 2.21. The van der Waals surface area contributed by atoms with Crippen LogP contribution in [0.4, 0.5) is 14.5 Å². The van der Waals surface area contributed by atoms with Gasteiger partial charge < -0.3 is 14.8 Å². The average Bonchev–Trinajstić information content (AvgIpc) is 2.56. The second-order valence-corrected chi connectivity index (χ2v) is 5.28. The summed E-state index contributed by atoms with van der Waals surface area (Å²) >= 11 is 0. The molecule has 0 unspecified atom stereocenters. The molecule has 2 rings (SSSR count). The summed E-state index contributed by atoms with van der Waals surface area (Å²) in [5.41, 5.74) is 1.41. The topological polar surface area (TPSA) is 64.6 Å². The lowest BCUT2D eigenvalue weighted by Gasteiger charge is -2.15. The number of rotatable bonds is 6. The molecule has 0 aromatic heterocycles. The fourth-order valence-corrected chi connectivity index (χ4v) is 1.99. The summed E-state index contributed by atoms with van der Waals surface area (Å²) in [7, 11) is 0. The molecule has 0 radical (unpaired) electrons. The number of amides is 1. The number of hydrogen-bond donors (Lipinski definition) is 1. The SMILES string of the molecule is Cc1ccc(NC(=O)[C@H](C)OC(=O)c2ccccc2OC(F)F)cc1. The molecule has 0 saturated heterocycles. The zero-order valence-electron chi connectivity index (χ0n) is 13.7. The van der Waals surface area contributed by atoms with Gasteiger partial charge >= 0.3 is 12.6 Å². The largest absolute Gasteiger partial charge is 0.449 e. The predicted molar refractivity (Wildman–Crippen MR) is 87.8 cm³/mol. The normalized spacial score (nSPS) is 11.7. The molecule has 1 atom stereocenters. The first-order valence-corrected chi connectivity index (χ1v) is 7.49. The highest BCUT2D eigenvalue weighted by Gasteiger charge is 2.22. The Kier molecular flexibility index (Phi) is 6.05. The highest BCUT2D eigenvalue weighted by molar-refractivity contribution is 5.98. The number of ether oxygens (including phenoxy) is 2. The molecule has 25 heavy (non-hydrogen) atoms. The Morgan fingerprint density at radius 1 is 1.04 bits per heavy atom. The second kappa shape index (κ2) is 8.23. The van der Waals surface area contributed by atoms with Crippen molar-refractivity contribution in [2.24, 2.45) is 0 Å². The maximum Gasteiger partial charge on any atom is 0.387 e. The number of alkyl halides is 2. The van der Waals surface area contributed by atoms with Crippen LogP contribution in [-0.4, -0.2) is 24.6 Å². The lowest BCUT2D eigenvalue weighted by Crippen LogP contribution is -2.30. The molecule has 1 N–H and O–H groups in total. The summed E-state index contributed by atoms with van der Waals surface area (Å²) in [5.74, 6) is -1.78. The van der Waals surface area contributed by atoms with Gasteiger partial charge in [0, 0.05) is 5.69 Å². The van der Waals surface area contributed by atoms with Crippen LogP contribution in [0.5, 0.6) is 5.75 Å². The van der Waals surface area contributed by atoms with Crippen molar-refractivity contribution in [1.29, 1.82) is 0 Å². The molecule has 0 saturated carbocycles. The van der Waals surface area contributed by atoms with Gasteiger partial charge in [0.05, 0.1) is 0 Å². The number of aryl methyl sites for hydroxylation is 1. The Balaban J connectivity index is 2.02. The third-order valence-corrected chi connectivity index (χ3v) is 3.30. The molecule has 0 heterocycles. The van der Waals surface area contributed by atoms with Crippen LogP contribution in [0.2, 0.25) is 0 Å². The molecule has 2 aromatic carbocycles. The van der Waals surface area contributed by atoms with Gasteiger partial charge in [-0.15, -0.1) is 0 Å². The van der Waals surface area contributed by atoms with E-state index in [2.05, 4.69) is 10.1 Å². The van der Waals surface area contributed by atoms with Gasteiger partial charge in [-0.3, -0.25) is 4.79 Å². The molecular formula is C18H17F2NO4. The van der Waals surface area contributed by atoms with E-state index in [9.17, 15) is 18.4 Å². The summed E-state index contributed by atoms with van der Waals surface area (Å²) < 4.78 is 34.1. The van der Waals surface area contributed by atoms with Gasteiger partial charge in [0.25, 0.3) is 5.91 Å². The number of carbonyl (C=O) groups excluding carboxylic acids is 2. The molecular weight excluding hydrogens is 332 g/mol. The number of anilines is 1. The molecule has 0 aliphatic heterocycles. The first-order chi connectivity index (χ1) is 11.9. The third-order valence-electron chi connectivity index (χ3n) is 3.30. The Hall–Kier alpha value is -2.96. The first kappa shape index (κ1) is 18.4. The van der Waals surface area contributed by atoms with Crippen LogP contribution < -0.4 is 10.1 Å². The Bertz CT molecular complexity index is 747. The van der Waals surface area contributed by atoms with Crippen molar-refractivity contribution in [3.63, 3.8) is 0 Å². The van der Waals surface area contributed by atoms with Gasteiger partial charge in [-0.05, 0) is 38.1 Å². The lowest BCUT2D eigenvalue weighted by atomic mass is 10.2. The zero-order chi connectivity index (χ0) is 18.4. The number of para-hydroxylation sites is 1. The van der Waals surface area contributed by atoms with E-state index in [0.717, 1.165) is 5.56 Å². The van der Waals surface area contributed by atoms with E-state index < -0.39 is 24.6 Å². The van der Waals surface area contributed by atoms with Gasteiger partial charge in [0.1, 0.15) is 11.3 Å². The second-order valence-electron chi connectivity index (χ2n) is 5.28. The van der Waals surface area contributed by atoms with Gasteiger partial charge in [-0.2, -0.15) is 8.78 Å². The van der Waals surface area contributed by atoms with Crippen LogP contribution in [0.15, 0.2) is 48.5 Å². The smallest absolute Gasteiger partial charge is 0.387 e. The number of nitrogens with one attached hydrogen (secondary N) is 1. The van der Waals surface area contributed by atoms with Gasteiger partial charge in [0.2, 0.25) is 0 Å². The zero-order valence-corrected chi connectivity index (χ0v) is 13.7. The monoisotopic (exact) mass is 349 g/mol. The van der Waals surface area contributed by atoms with Crippen molar-refractivity contribution in [3.05, 3.63) is 59.7 Å². The Labute approximate surface area is 143 Å². The fraction of sp³-hybridized carbons (Fsp3) is 0.222. The van der Waals surface area contributed by atoms with Crippen molar-refractivity contribution in [2.75, 3.05) is 5.32 Å². The van der Waals surface area contributed by atoms with E-state index in [-0.39, 0.29) is 11.3 Å². The van der Waals surface area contributed by atoms with Crippen LogP contribution >= 0.6 is 0 Å². The number of esters is 1. The molecule has 0 aliphatic carbocycles. The van der Waals surface area contributed by atoms with E-state index in [1.54, 1.807) is 12.1 Å². The predicted octanol–water partition coefficient (Wildman–Crippen LogP) is 3.78. The molecule has 0 fully saturated rings. The van der Waals surface area contributed by atoms with Gasteiger partial charge in [-0.25, -0.2) is 4.79 Å². The average molecular weight is 349 g/mol. The molecule has 7 heteroatoms. The minimum absolute atomic E-state index is 0.183. The van der Waals surface area contributed by atoms with Crippen LogP contribution in [0.1, 0.15) is 22.8 Å². The summed E-state index contributed by atoms with van der Waals surface area (Å²) in [6.45, 7) is 0.226. The molecule has 0 spiro atoms. The van der Waals surface area contributed by atoms with Gasteiger partial charge in [-0.1, -0.05) is 29.8 Å². The van der Waals surface area contributed by atoms with Crippen LogP contribution in [0.25, 0.3) is 0 Å². The molecule has 0 aliphatic rings. The van der Waals surface area contributed by atoms with Crippen molar-refractivity contribution in [1.82, 2.24) is 0 Å². The van der Waals surface area contributed by atoms with Crippen LogP contribution in [-0.2, 0) is 9.53 Å². The summed E-state index contributed by atoms with van der Waals surface area (Å²) in [6.07, 6.45) is -1.12. The maximum absolute atomic E-state index is 12.4. The van der Waals surface area contributed by atoms with E-state index in [0.29, 0.717) is 5.69 Å². The summed E-state index contributed by atoms with van der Waals surface area (Å²) in [6, 6.07) is 12.5. The quantitative estimate of drug-likeness (QED) is 0.806. The molecule has 1 amide bonds. The van der Waals surface area contributed by atoms with Crippen LogP contribution in [0.3, 0.4) is 0 Å². The Morgan fingerprint density at radius 2 is 1.68 bits per heavy atom. The third kappa shape index (κ3) is 5.27. The maximum atomic E-state index is 12.4. The van der Waals surface area contributed by atoms with E-state index in [4.69, 9.17) is 4.74 Å². The van der Waals surface area contributed by atoms with Crippen molar-refractivity contribution in [2.45, 2.75) is 26.6 Å². The molecule has 5 nitrogen and oxygen atoms in total. The van der Waals surface area contributed by atoms with Crippen molar-refractivity contribution < 1.29 is 27.8 Å². The van der Waals surface area contributed by atoms with Gasteiger partial charge in [0.15, 0.2) is 6.10 Å². The first-order valence-electron chi connectivity index (χ1n) is 7.49. The number of hydrogen-bond acceptors (Lipinski definition) is 4. The summed E-state index contributed by atoms with van der Waals surface area (Å²) in [4.78, 5) is 24.2. The molecule has 2 aromatic rings.